The molecule has 0 radical (unpaired) electrons. The average molecular weight is 280 g/mol. The molecule has 1 aromatic heterocycles. The number of halogens is 2. The number of thiophene rings is 1. The normalized spacial score (nSPS) is 21.2. The Morgan fingerprint density at radius 3 is 2.88 bits per heavy atom. The third-order valence-electron chi connectivity index (χ3n) is 2.57. The van der Waals surface area contributed by atoms with Crippen LogP contribution in [0.15, 0.2) is 6.07 Å². The van der Waals surface area contributed by atoms with E-state index in [2.05, 4.69) is 0 Å². The Labute approximate surface area is 108 Å². The highest BCUT2D eigenvalue weighted by Gasteiger charge is 2.25. The molecule has 1 saturated heterocycles. The minimum atomic E-state index is -0.425. The van der Waals surface area contributed by atoms with E-state index in [9.17, 15) is 9.90 Å². The van der Waals surface area contributed by atoms with Crippen LogP contribution in [0.5, 0.6) is 0 Å². The van der Waals surface area contributed by atoms with Gasteiger partial charge >= 0.3 is 0 Å². The predicted octanol–water partition coefficient (Wildman–Crippen LogP) is 2.65. The summed E-state index contributed by atoms with van der Waals surface area (Å²) in [4.78, 5) is 13.7. The lowest BCUT2D eigenvalue weighted by atomic mass is 10.1. The second kappa shape index (κ2) is 4.92. The van der Waals surface area contributed by atoms with Gasteiger partial charge in [0.25, 0.3) is 5.91 Å². The van der Waals surface area contributed by atoms with Crippen molar-refractivity contribution in [1.82, 2.24) is 4.90 Å². The second-order valence-electron chi connectivity index (χ2n) is 3.79. The lowest BCUT2D eigenvalue weighted by molar-refractivity contribution is 0.0474. The van der Waals surface area contributed by atoms with E-state index in [1.54, 1.807) is 11.0 Å². The van der Waals surface area contributed by atoms with Crippen LogP contribution in [0.1, 0.15) is 23.2 Å². The molecule has 2 rings (SSSR count). The molecule has 1 amide bonds. The van der Waals surface area contributed by atoms with Crippen LogP contribution in [0.3, 0.4) is 0 Å². The first-order chi connectivity index (χ1) is 7.58. The molecule has 0 saturated carbocycles. The maximum Gasteiger partial charge on any atom is 0.256 e. The van der Waals surface area contributed by atoms with Gasteiger partial charge in [0.2, 0.25) is 0 Å². The predicted molar refractivity (Wildman–Crippen MR) is 65.5 cm³/mol. The average Bonchev–Trinajstić information content (AvgIpc) is 2.57. The number of carbonyl (C=O) groups excluding carboxylic acids is 1. The van der Waals surface area contributed by atoms with E-state index in [1.165, 1.54) is 11.3 Å². The summed E-state index contributed by atoms with van der Waals surface area (Å²) in [6.07, 6.45) is 1.15. The number of rotatable bonds is 1. The van der Waals surface area contributed by atoms with Crippen molar-refractivity contribution in [2.75, 3.05) is 13.1 Å². The number of amides is 1. The Bertz CT molecular complexity index is 408. The Morgan fingerprint density at radius 2 is 2.31 bits per heavy atom. The summed E-state index contributed by atoms with van der Waals surface area (Å²) in [5.74, 6) is -0.146. The molecule has 0 unspecified atom stereocenters. The number of aliphatic hydroxyl groups is 1. The van der Waals surface area contributed by atoms with Gasteiger partial charge in [0.05, 0.1) is 16.0 Å². The number of hydrogen-bond donors (Lipinski definition) is 1. The number of carbonyl (C=O) groups is 1. The van der Waals surface area contributed by atoms with Crippen molar-refractivity contribution in [1.29, 1.82) is 0 Å². The van der Waals surface area contributed by atoms with Gasteiger partial charge in [0.15, 0.2) is 0 Å². The lowest BCUT2D eigenvalue weighted by Gasteiger charge is -2.29. The zero-order valence-corrected chi connectivity index (χ0v) is 10.8. The highest BCUT2D eigenvalue weighted by molar-refractivity contribution is 7.20. The van der Waals surface area contributed by atoms with Crippen molar-refractivity contribution in [3.8, 4) is 0 Å². The van der Waals surface area contributed by atoms with Gasteiger partial charge in [-0.05, 0) is 18.9 Å². The van der Waals surface area contributed by atoms with E-state index in [1.807, 2.05) is 0 Å². The zero-order chi connectivity index (χ0) is 11.7. The molecule has 0 spiro atoms. The van der Waals surface area contributed by atoms with E-state index in [0.717, 1.165) is 12.8 Å². The molecular formula is C10H11Cl2NO2S. The fourth-order valence-corrected chi connectivity index (χ4v) is 3.24. The van der Waals surface area contributed by atoms with E-state index < -0.39 is 6.10 Å². The summed E-state index contributed by atoms with van der Waals surface area (Å²) >= 11 is 12.9. The standard InChI is InChI=1S/C10H11Cl2NO2S/c11-8-4-7(9(12)16-8)10(15)13-3-1-2-6(14)5-13/h4,6,14H,1-3,5H2/t6-/m0/s1. The van der Waals surface area contributed by atoms with Gasteiger partial charge in [-0.25, -0.2) is 0 Å². The quantitative estimate of drug-likeness (QED) is 0.859. The van der Waals surface area contributed by atoms with Crippen LogP contribution in [0.2, 0.25) is 8.67 Å². The Kier molecular flexibility index (Phi) is 3.74. The van der Waals surface area contributed by atoms with Crippen LogP contribution < -0.4 is 0 Å². The Hall–Kier alpha value is -0.290. The second-order valence-corrected chi connectivity index (χ2v) is 6.07. The van der Waals surface area contributed by atoms with Crippen molar-refractivity contribution in [2.24, 2.45) is 0 Å². The van der Waals surface area contributed by atoms with Crippen LogP contribution in [0.25, 0.3) is 0 Å². The minimum absolute atomic E-state index is 0.146. The summed E-state index contributed by atoms with van der Waals surface area (Å²) in [5.41, 5.74) is 0.436. The molecule has 1 atom stereocenters. The Morgan fingerprint density at radius 1 is 1.56 bits per heavy atom. The molecule has 1 aliphatic rings. The maximum atomic E-state index is 12.1. The molecule has 0 aliphatic carbocycles. The van der Waals surface area contributed by atoms with Gasteiger partial charge in [-0.1, -0.05) is 23.2 Å². The molecule has 6 heteroatoms. The first-order valence-corrected chi connectivity index (χ1v) is 6.57. The molecule has 1 aliphatic heterocycles. The van der Waals surface area contributed by atoms with Gasteiger partial charge in [0, 0.05) is 13.1 Å². The summed E-state index contributed by atoms with van der Waals surface area (Å²) in [6.45, 7) is 1.04. The van der Waals surface area contributed by atoms with Crippen LogP contribution in [0.4, 0.5) is 0 Å². The summed E-state index contributed by atoms with van der Waals surface area (Å²) in [7, 11) is 0. The topological polar surface area (TPSA) is 40.5 Å². The van der Waals surface area contributed by atoms with Gasteiger partial charge in [-0.15, -0.1) is 11.3 Å². The zero-order valence-electron chi connectivity index (χ0n) is 8.45. The van der Waals surface area contributed by atoms with Crippen molar-refractivity contribution in [3.63, 3.8) is 0 Å². The van der Waals surface area contributed by atoms with Gasteiger partial charge in [-0.2, -0.15) is 0 Å². The van der Waals surface area contributed by atoms with E-state index in [-0.39, 0.29) is 5.91 Å². The molecule has 2 heterocycles. The van der Waals surface area contributed by atoms with Crippen molar-refractivity contribution in [2.45, 2.75) is 18.9 Å². The lowest BCUT2D eigenvalue weighted by Crippen LogP contribution is -2.42. The highest BCUT2D eigenvalue weighted by atomic mass is 35.5. The number of likely N-dealkylation sites (tertiary alicyclic amines) is 1. The highest BCUT2D eigenvalue weighted by Crippen LogP contribution is 2.32. The summed E-state index contributed by atoms with van der Waals surface area (Å²) in [6, 6.07) is 1.58. The largest absolute Gasteiger partial charge is 0.391 e. The molecule has 0 aromatic carbocycles. The fraction of sp³-hybridized carbons (Fsp3) is 0.500. The molecule has 1 N–H and O–H groups in total. The number of piperidine rings is 1. The molecule has 88 valence electrons. The first kappa shape index (κ1) is 12.2. The van der Waals surface area contributed by atoms with Gasteiger partial charge in [-0.3, -0.25) is 4.79 Å². The summed E-state index contributed by atoms with van der Waals surface area (Å²) in [5, 5.41) is 9.50. The number of hydrogen-bond acceptors (Lipinski definition) is 3. The van der Waals surface area contributed by atoms with Crippen LogP contribution in [-0.4, -0.2) is 35.1 Å². The molecule has 1 fully saturated rings. The van der Waals surface area contributed by atoms with Crippen molar-refractivity contribution in [3.05, 3.63) is 20.3 Å². The monoisotopic (exact) mass is 279 g/mol. The summed E-state index contributed by atoms with van der Waals surface area (Å²) < 4.78 is 0.918. The number of nitrogens with zero attached hydrogens (tertiary/aromatic N) is 1. The van der Waals surface area contributed by atoms with Gasteiger partial charge < -0.3 is 10.0 Å². The fourth-order valence-electron chi connectivity index (χ4n) is 1.80. The smallest absolute Gasteiger partial charge is 0.256 e. The van der Waals surface area contributed by atoms with Gasteiger partial charge in [0.1, 0.15) is 4.34 Å². The number of β-amino-alcohol motifs (C(OH)–C–C–N with tert-alkyl or cyclic N) is 1. The van der Waals surface area contributed by atoms with Crippen LogP contribution in [-0.2, 0) is 0 Å². The van der Waals surface area contributed by atoms with Crippen molar-refractivity contribution >= 4 is 40.4 Å². The van der Waals surface area contributed by atoms with E-state index >= 15 is 0 Å². The van der Waals surface area contributed by atoms with Crippen molar-refractivity contribution < 1.29 is 9.90 Å². The van der Waals surface area contributed by atoms with Crippen LogP contribution >= 0.6 is 34.5 Å². The van der Waals surface area contributed by atoms with Crippen LogP contribution in [0, 0.1) is 0 Å². The molecule has 3 nitrogen and oxygen atoms in total. The number of aliphatic hydroxyl groups excluding tert-OH is 1. The van der Waals surface area contributed by atoms with E-state index in [0.29, 0.717) is 27.3 Å². The maximum absolute atomic E-state index is 12.1. The Balaban J connectivity index is 2.15. The molecule has 1 aromatic rings. The molecule has 16 heavy (non-hydrogen) atoms. The molecule has 0 bridgehead atoms. The SMILES string of the molecule is O=C(c1cc(Cl)sc1Cl)N1CCC[C@H](O)C1. The first-order valence-electron chi connectivity index (χ1n) is 5.00. The third kappa shape index (κ3) is 2.51. The third-order valence-corrected chi connectivity index (χ3v) is 4.06. The minimum Gasteiger partial charge on any atom is -0.391 e. The molecular weight excluding hydrogens is 269 g/mol. The van der Waals surface area contributed by atoms with E-state index in [4.69, 9.17) is 23.2 Å².